The Kier molecular flexibility index (Phi) is 6.51. The van der Waals surface area contributed by atoms with Crippen molar-refractivity contribution in [3.05, 3.63) is 81.0 Å². The summed E-state index contributed by atoms with van der Waals surface area (Å²) >= 11 is 9.41. The Balaban J connectivity index is 1.69. The van der Waals surface area contributed by atoms with Crippen LogP contribution in [0.5, 0.6) is 0 Å². The first-order chi connectivity index (χ1) is 13.9. The zero-order valence-electron chi connectivity index (χ0n) is 15.7. The van der Waals surface area contributed by atoms with Crippen molar-refractivity contribution in [1.82, 2.24) is 9.99 Å². The summed E-state index contributed by atoms with van der Waals surface area (Å²) in [6.45, 7) is 3.91. The molecular weight excluding hydrogens is 456 g/mol. The number of halogens is 2. The maximum absolute atomic E-state index is 12.0. The second kappa shape index (κ2) is 9.07. The standard InChI is InChI=1S/C21H18BrClN4O2/c1-13-10-15(14(2)27(13)17-7-5-6-16(23)11-17)12-24-26-21(29)20(28)25-19-9-4-3-8-18(19)22/h3-12H,1-2H3,(H,25,28)(H,26,29)/b24-12-. The van der Waals surface area contributed by atoms with Gasteiger partial charge in [-0.2, -0.15) is 5.10 Å². The molecule has 0 radical (unpaired) electrons. The molecule has 0 aliphatic heterocycles. The molecule has 6 nitrogen and oxygen atoms in total. The lowest BCUT2D eigenvalue weighted by molar-refractivity contribution is -0.136. The summed E-state index contributed by atoms with van der Waals surface area (Å²) in [6, 6.07) is 16.5. The van der Waals surface area contributed by atoms with Crippen LogP contribution >= 0.6 is 27.5 Å². The fraction of sp³-hybridized carbons (Fsp3) is 0.0952. The molecule has 0 aliphatic carbocycles. The number of carbonyl (C=O) groups is 2. The molecule has 0 spiro atoms. The molecule has 1 aromatic heterocycles. The van der Waals surface area contributed by atoms with Crippen LogP contribution in [-0.4, -0.2) is 22.6 Å². The average Bonchev–Trinajstić information content (AvgIpc) is 2.97. The summed E-state index contributed by atoms with van der Waals surface area (Å²) in [5, 5.41) is 7.09. The maximum Gasteiger partial charge on any atom is 0.329 e. The van der Waals surface area contributed by atoms with Crippen molar-refractivity contribution in [2.24, 2.45) is 5.10 Å². The number of hydrazone groups is 1. The van der Waals surface area contributed by atoms with Crippen LogP contribution in [0.15, 0.2) is 64.2 Å². The molecule has 2 amide bonds. The Bertz CT molecular complexity index is 1110. The summed E-state index contributed by atoms with van der Waals surface area (Å²) < 4.78 is 2.72. The predicted octanol–water partition coefficient (Wildman–Crippen LogP) is 4.60. The van der Waals surface area contributed by atoms with Gasteiger partial charge in [0.05, 0.1) is 11.9 Å². The lowest BCUT2D eigenvalue weighted by Gasteiger charge is -2.09. The van der Waals surface area contributed by atoms with Gasteiger partial charge in [0.2, 0.25) is 0 Å². The summed E-state index contributed by atoms with van der Waals surface area (Å²) in [4.78, 5) is 24.0. The number of amides is 2. The van der Waals surface area contributed by atoms with Gasteiger partial charge in [-0.05, 0) is 66.2 Å². The Morgan fingerprint density at radius 2 is 1.83 bits per heavy atom. The van der Waals surface area contributed by atoms with Crippen LogP contribution in [0.2, 0.25) is 5.02 Å². The van der Waals surface area contributed by atoms with Crippen molar-refractivity contribution in [2.75, 3.05) is 5.32 Å². The van der Waals surface area contributed by atoms with E-state index in [4.69, 9.17) is 11.6 Å². The zero-order valence-corrected chi connectivity index (χ0v) is 18.1. The van der Waals surface area contributed by atoms with Crippen molar-refractivity contribution >= 4 is 51.2 Å². The van der Waals surface area contributed by atoms with Crippen LogP contribution < -0.4 is 10.7 Å². The molecule has 0 fully saturated rings. The predicted molar refractivity (Wildman–Crippen MR) is 119 cm³/mol. The fourth-order valence-corrected chi connectivity index (χ4v) is 3.45. The monoisotopic (exact) mass is 472 g/mol. The molecule has 0 bridgehead atoms. The number of aromatic nitrogens is 1. The Hall–Kier alpha value is -2.90. The summed E-state index contributed by atoms with van der Waals surface area (Å²) in [5.74, 6) is -1.67. The van der Waals surface area contributed by atoms with E-state index in [1.165, 1.54) is 6.21 Å². The fourth-order valence-electron chi connectivity index (χ4n) is 2.88. The SMILES string of the molecule is Cc1cc(/C=N\NC(=O)C(=O)Nc2ccccc2Br)c(C)n1-c1cccc(Cl)c1. The van der Waals surface area contributed by atoms with E-state index in [1.807, 2.05) is 54.8 Å². The minimum atomic E-state index is -0.861. The molecule has 3 rings (SSSR count). The van der Waals surface area contributed by atoms with Gasteiger partial charge < -0.3 is 9.88 Å². The molecule has 2 N–H and O–H groups in total. The largest absolute Gasteiger partial charge is 0.329 e. The van der Waals surface area contributed by atoms with E-state index in [1.54, 1.807) is 18.2 Å². The van der Waals surface area contributed by atoms with Gasteiger partial charge in [-0.1, -0.05) is 29.8 Å². The zero-order chi connectivity index (χ0) is 21.0. The third-order valence-corrected chi connectivity index (χ3v) is 5.16. The lowest BCUT2D eigenvalue weighted by Crippen LogP contribution is -2.32. The molecule has 29 heavy (non-hydrogen) atoms. The number of anilines is 1. The van der Waals surface area contributed by atoms with E-state index in [0.29, 0.717) is 15.2 Å². The van der Waals surface area contributed by atoms with E-state index in [2.05, 4.69) is 31.8 Å². The number of benzene rings is 2. The molecule has 0 saturated carbocycles. The van der Waals surface area contributed by atoms with Gasteiger partial charge in [-0.3, -0.25) is 9.59 Å². The normalized spacial score (nSPS) is 10.9. The van der Waals surface area contributed by atoms with Crippen molar-refractivity contribution in [1.29, 1.82) is 0 Å². The highest BCUT2D eigenvalue weighted by Crippen LogP contribution is 2.22. The number of rotatable bonds is 4. The van der Waals surface area contributed by atoms with Gasteiger partial charge in [0, 0.05) is 32.1 Å². The Morgan fingerprint density at radius 3 is 2.55 bits per heavy atom. The van der Waals surface area contributed by atoms with Gasteiger partial charge in [-0.25, -0.2) is 5.43 Å². The molecular formula is C21H18BrClN4O2. The van der Waals surface area contributed by atoms with E-state index in [9.17, 15) is 9.59 Å². The summed E-state index contributed by atoms with van der Waals surface area (Å²) in [5.41, 5.74) is 6.42. The smallest absolute Gasteiger partial charge is 0.318 e. The van der Waals surface area contributed by atoms with E-state index in [0.717, 1.165) is 22.6 Å². The van der Waals surface area contributed by atoms with Crippen LogP contribution in [0.1, 0.15) is 17.0 Å². The molecule has 148 valence electrons. The highest BCUT2D eigenvalue weighted by Gasteiger charge is 2.14. The highest BCUT2D eigenvalue weighted by atomic mass is 79.9. The number of hydrogen-bond donors (Lipinski definition) is 2. The van der Waals surface area contributed by atoms with Crippen LogP contribution in [0, 0.1) is 13.8 Å². The van der Waals surface area contributed by atoms with Crippen molar-refractivity contribution in [2.45, 2.75) is 13.8 Å². The van der Waals surface area contributed by atoms with Crippen LogP contribution in [0.3, 0.4) is 0 Å². The first-order valence-corrected chi connectivity index (χ1v) is 9.87. The number of carbonyl (C=O) groups excluding carboxylic acids is 2. The lowest BCUT2D eigenvalue weighted by atomic mass is 10.2. The minimum absolute atomic E-state index is 0.502. The van der Waals surface area contributed by atoms with E-state index >= 15 is 0 Å². The number of nitrogens with one attached hydrogen (secondary N) is 2. The molecule has 0 unspecified atom stereocenters. The number of nitrogens with zero attached hydrogens (tertiary/aromatic N) is 2. The second-order valence-electron chi connectivity index (χ2n) is 6.27. The van der Waals surface area contributed by atoms with Gasteiger partial charge in [0.15, 0.2) is 0 Å². The molecule has 8 heteroatoms. The van der Waals surface area contributed by atoms with E-state index < -0.39 is 11.8 Å². The van der Waals surface area contributed by atoms with Crippen LogP contribution in [0.25, 0.3) is 5.69 Å². The second-order valence-corrected chi connectivity index (χ2v) is 7.57. The summed E-state index contributed by atoms with van der Waals surface area (Å²) in [7, 11) is 0. The number of hydrogen-bond acceptors (Lipinski definition) is 3. The average molecular weight is 474 g/mol. The minimum Gasteiger partial charge on any atom is -0.318 e. The van der Waals surface area contributed by atoms with E-state index in [-0.39, 0.29) is 0 Å². The van der Waals surface area contributed by atoms with Crippen molar-refractivity contribution in [3.63, 3.8) is 0 Å². The first kappa shape index (κ1) is 20.8. The molecule has 2 aromatic carbocycles. The Morgan fingerprint density at radius 1 is 1.07 bits per heavy atom. The van der Waals surface area contributed by atoms with Gasteiger partial charge in [0.1, 0.15) is 0 Å². The van der Waals surface area contributed by atoms with Gasteiger partial charge in [-0.15, -0.1) is 0 Å². The van der Waals surface area contributed by atoms with Crippen molar-refractivity contribution < 1.29 is 9.59 Å². The maximum atomic E-state index is 12.0. The van der Waals surface area contributed by atoms with Crippen LogP contribution in [-0.2, 0) is 9.59 Å². The molecule has 3 aromatic rings. The number of para-hydroxylation sites is 1. The molecule has 0 aliphatic rings. The third kappa shape index (κ3) is 4.93. The van der Waals surface area contributed by atoms with Gasteiger partial charge >= 0.3 is 11.8 Å². The molecule has 0 atom stereocenters. The van der Waals surface area contributed by atoms with Crippen molar-refractivity contribution in [3.8, 4) is 5.69 Å². The first-order valence-electron chi connectivity index (χ1n) is 8.70. The molecule has 0 saturated heterocycles. The van der Waals surface area contributed by atoms with Gasteiger partial charge in [0.25, 0.3) is 0 Å². The quantitative estimate of drug-likeness (QED) is 0.330. The summed E-state index contributed by atoms with van der Waals surface area (Å²) in [6.07, 6.45) is 1.51. The van der Waals surface area contributed by atoms with Crippen LogP contribution in [0.4, 0.5) is 5.69 Å². The topological polar surface area (TPSA) is 75.5 Å². The number of aryl methyl sites for hydroxylation is 1. The Labute approximate surface area is 181 Å². The third-order valence-electron chi connectivity index (χ3n) is 4.23. The molecule has 1 heterocycles. The highest BCUT2D eigenvalue weighted by molar-refractivity contribution is 9.10.